The minimum atomic E-state index is 0.0757. The predicted octanol–water partition coefficient (Wildman–Crippen LogP) is 6.63. The fourth-order valence-electron chi connectivity index (χ4n) is 5.90. The van der Waals surface area contributed by atoms with Crippen LogP contribution in [0.4, 0.5) is 0 Å². The Kier molecular flexibility index (Phi) is 6.91. The highest BCUT2D eigenvalue weighted by Gasteiger charge is 2.56. The van der Waals surface area contributed by atoms with E-state index in [1.54, 1.807) is 14.2 Å². The molecule has 1 aromatic rings. The van der Waals surface area contributed by atoms with Crippen molar-refractivity contribution in [1.82, 2.24) is 0 Å². The number of fused-ring (bicyclic) bond motifs is 1. The fourth-order valence-corrected chi connectivity index (χ4v) is 5.90. The Bertz CT molecular complexity index is 749. The van der Waals surface area contributed by atoms with Gasteiger partial charge in [0.2, 0.25) is 0 Å². The number of aliphatic hydroxyl groups is 1. The third-order valence-corrected chi connectivity index (χ3v) is 8.11. The zero-order chi connectivity index (χ0) is 22.1. The number of unbranched alkanes of at least 4 members (excludes halogenated alkanes) is 3. The Morgan fingerprint density at radius 1 is 1.07 bits per heavy atom. The molecule has 0 amide bonds. The lowest BCUT2D eigenvalue weighted by Gasteiger charge is -2.59. The van der Waals surface area contributed by atoms with Crippen LogP contribution in [0, 0.1) is 17.3 Å². The molecule has 0 heterocycles. The maximum atomic E-state index is 9.98. The number of methoxy groups -OCH3 is 2. The van der Waals surface area contributed by atoms with Gasteiger partial charge in [-0.2, -0.15) is 0 Å². The van der Waals surface area contributed by atoms with Crippen LogP contribution in [0.15, 0.2) is 23.8 Å². The Hall–Kier alpha value is -1.48. The number of rotatable bonds is 10. The van der Waals surface area contributed by atoms with Crippen LogP contribution >= 0.6 is 0 Å². The average molecular weight is 415 g/mol. The third kappa shape index (κ3) is 4.02. The van der Waals surface area contributed by atoms with E-state index in [-0.39, 0.29) is 23.4 Å². The number of ether oxygens (including phenoxy) is 2. The SMILES string of the molecule is CCCCCCC(C)(C)c1cc(OC)c(C2C=C(CO)C3CC2C3(C)C)c(OC)c1. The minimum absolute atomic E-state index is 0.0757. The van der Waals surface area contributed by atoms with E-state index in [4.69, 9.17) is 9.47 Å². The first-order valence-corrected chi connectivity index (χ1v) is 11.8. The molecular weight excluding hydrogens is 372 g/mol. The van der Waals surface area contributed by atoms with Crippen molar-refractivity contribution in [2.24, 2.45) is 17.3 Å². The van der Waals surface area contributed by atoms with Crippen molar-refractivity contribution in [3.8, 4) is 11.5 Å². The molecule has 3 heteroatoms. The van der Waals surface area contributed by atoms with E-state index in [0.29, 0.717) is 11.8 Å². The van der Waals surface area contributed by atoms with E-state index in [1.807, 2.05) is 0 Å². The van der Waals surface area contributed by atoms with E-state index in [0.717, 1.165) is 29.9 Å². The molecule has 2 bridgehead atoms. The van der Waals surface area contributed by atoms with Crippen LogP contribution in [0.1, 0.15) is 90.2 Å². The van der Waals surface area contributed by atoms with Crippen LogP contribution in [0.2, 0.25) is 0 Å². The topological polar surface area (TPSA) is 38.7 Å². The molecule has 0 radical (unpaired) electrons. The molecule has 0 aromatic heterocycles. The van der Waals surface area contributed by atoms with Crippen molar-refractivity contribution in [3.05, 3.63) is 34.9 Å². The van der Waals surface area contributed by atoms with E-state index in [1.165, 1.54) is 36.8 Å². The molecule has 168 valence electrons. The van der Waals surface area contributed by atoms with Gasteiger partial charge < -0.3 is 14.6 Å². The van der Waals surface area contributed by atoms with E-state index >= 15 is 0 Å². The van der Waals surface area contributed by atoms with E-state index < -0.39 is 0 Å². The Labute approximate surface area is 183 Å². The Balaban J connectivity index is 1.99. The number of benzene rings is 1. The summed E-state index contributed by atoms with van der Waals surface area (Å²) in [6, 6.07) is 4.48. The summed E-state index contributed by atoms with van der Waals surface area (Å²) in [4.78, 5) is 0. The van der Waals surface area contributed by atoms with Crippen LogP contribution < -0.4 is 9.47 Å². The normalized spacial score (nSPS) is 24.8. The maximum absolute atomic E-state index is 9.98. The monoisotopic (exact) mass is 414 g/mol. The fraction of sp³-hybridized carbons (Fsp3) is 0.704. The highest BCUT2D eigenvalue weighted by molar-refractivity contribution is 5.55. The summed E-state index contributed by atoms with van der Waals surface area (Å²) in [6.07, 6.45) is 9.70. The van der Waals surface area contributed by atoms with Gasteiger partial charge >= 0.3 is 0 Å². The molecule has 0 spiro atoms. The molecule has 1 fully saturated rings. The zero-order valence-corrected chi connectivity index (χ0v) is 20.2. The molecule has 0 aliphatic heterocycles. The zero-order valence-electron chi connectivity index (χ0n) is 20.2. The van der Waals surface area contributed by atoms with Crippen molar-refractivity contribution in [2.75, 3.05) is 20.8 Å². The van der Waals surface area contributed by atoms with E-state index in [9.17, 15) is 5.11 Å². The molecule has 3 aliphatic rings. The van der Waals surface area contributed by atoms with Crippen molar-refractivity contribution in [3.63, 3.8) is 0 Å². The van der Waals surface area contributed by atoms with Gasteiger partial charge in [-0.05, 0) is 58.8 Å². The number of aliphatic hydroxyl groups excluding tert-OH is 1. The second-order valence-electron chi connectivity index (χ2n) is 10.6. The summed E-state index contributed by atoms with van der Waals surface area (Å²) in [5.74, 6) is 3.12. The lowest BCUT2D eigenvalue weighted by Crippen LogP contribution is -2.51. The summed E-state index contributed by atoms with van der Waals surface area (Å²) in [5, 5.41) is 9.98. The first-order valence-electron chi connectivity index (χ1n) is 11.8. The molecule has 3 unspecified atom stereocenters. The molecule has 1 saturated carbocycles. The number of allylic oxidation sites excluding steroid dienone is 1. The summed E-state index contributed by atoms with van der Waals surface area (Å²) < 4.78 is 11.9. The van der Waals surface area contributed by atoms with Crippen molar-refractivity contribution in [1.29, 1.82) is 0 Å². The average Bonchev–Trinajstić information content (AvgIpc) is 2.74. The molecule has 0 saturated heterocycles. The first-order chi connectivity index (χ1) is 14.2. The van der Waals surface area contributed by atoms with Crippen LogP contribution in [-0.2, 0) is 5.41 Å². The van der Waals surface area contributed by atoms with Gasteiger partial charge in [-0.15, -0.1) is 0 Å². The standard InChI is InChI=1S/C27H42O3/c1-8-9-10-11-12-26(2,3)19-14-23(29-6)25(24(15-19)30-7)20-13-18(17-28)21-16-22(20)27(21,4)5/h13-15,20-22,28H,8-12,16-17H2,1-7H3. The van der Waals surface area contributed by atoms with Gasteiger partial charge in [-0.25, -0.2) is 0 Å². The van der Waals surface area contributed by atoms with Gasteiger partial charge in [0, 0.05) is 11.5 Å². The molecule has 3 nitrogen and oxygen atoms in total. The number of hydrogen-bond donors (Lipinski definition) is 1. The van der Waals surface area contributed by atoms with Gasteiger partial charge in [0.25, 0.3) is 0 Å². The van der Waals surface area contributed by atoms with Crippen LogP contribution in [0.25, 0.3) is 0 Å². The van der Waals surface area contributed by atoms with Crippen molar-refractivity contribution >= 4 is 0 Å². The Morgan fingerprint density at radius 2 is 1.70 bits per heavy atom. The van der Waals surface area contributed by atoms with Crippen molar-refractivity contribution < 1.29 is 14.6 Å². The summed E-state index contributed by atoms with van der Waals surface area (Å²) in [5.41, 5.74) is 3.88. The summed E-state index contributed by atoms with van der Waals surface area (Å²) in [6.45, 7) is 11.7. The minimum Gasteiger partial charge on any atom is -0.496 e. The Morgan fingerprint density at radius 3 is 2.20 bits per heavy atom. The highest BCUT2D eigenvalue weighted by atomic mass is 16.5. The second-order valence-corrected chi connectivity index (χ2v) is 10.6. The van der Waals surface area contributed by atoms with Gasteiger partial charge in [0.05, 0.1) is 20.8 Å². The van der Waals surface area contributed by atoms with Gasteiger partial charge in [-0.3, -0.25) is 0 Å². The quantitative estimate of drug-likeness (QED) is 0.345. The van der Waals surface area contributed by atoms with Gasteiger partial charge in [0.15, 0.2) is 0 Å². The van der Waals surface area contributed by atoms with Crippen LogP contribution in [0.3, 0.4) is 0 Å². The third-order valence-electron chi connectivity index (χ3n) is 8.11. The smallest absolute Gasteiger partial charge is 0.126 e. The first kappa shape index (κ1) is 23.2. The van der Waals surface area contributed by atoms with E-state index in [2.05, 4.69) is 52.8 Å². The van der Waals surface area contributed by atoms with Gasteiger partial charge in [-0.1, -0.05) is 66.4 Å². The lowest BCUT2D eigenvalue weighted by atomic mass is 9.45. The maximum Gasteiger partial charge on any atom is 0.126 e. The molecule has 4 rings (SSSR count). The van der Waals surface area contributed by atoms with Gasteiger partial charge in [0.1, 0.15) is 11.5 Å². The summed E-state index contributed by atoms with van der Waals surface area (Å²) in [7, 11) is 3.54. The molecule has 1 N–H and O–H groups in total. The molecule has 1 aromatic carbocycles. The highest BCUT2D eigenvalue weighted by Crippen LogP contribution is 2.65. The molecule has 3 aliphatic carbocycles. The van der Waals surface area contributed by atoms with Crippen molar-refractivity contribution in [2.45, 2.75) is 84.5 Å². The largest absolute Gasteiger partial charge is 0.496 e. The lowest BCUT2D eigenvalue weighted by molar-refractivity contribution is -0.0260. The number of hydrogen-bond acceptors (Lipinski definition) is 3. The van der Waals surface area contributed by atoms with Crippen LogP contribution in [-0.4, -0.2) is 25.9 Å². The molecular formula is C27H42O3. The molecule has 3 atom stereocenters. The predicted molar refractivity (Wildman–Crippen MR) is 125 cm³/mol. The van der Waals surface area contributed by atoms with Crippen LogP contribution in [0.5, 0.6) is 11.5 Å². The molecule has 30 heavy (non-hydrogen) atoms. The summed E-state index contributed by atoms with van der Waals surface area (Å²) >= 11 is 0. The second kappa shape index (κ2) is 8.94.